The lowest BCUT2D eigenvalue weighted by molar-refractivity contribution is -0.141. The number of rotatable bonds is 6. The minimum atomic E-state index is -0.169. The summed E-state index contributed by atoms with van der Waals surface area (Å²) in [5, 5.41) is 0. The zero-order chi connectivity index (χ0) is 11.9. The Bertz CT molecular complexity index is 179. The Morgan fingerprint density at radius 3 is 2.33 bits per heavy atom. The van der Waals surface area contributed by atoms with Crippen molar-refractivity contribution in [2.24, 2.45) is 11.3 Å². The highest BCUT2D eigenvalue weighted by molar-refractivity contribution is 5.65. The monoisotopic (exact) mass is 214 g/mol. The lowest BCUT2D eigenvalue weighted by Gasteiger charge is -2.23. The third-order valence-electron chi connectivity index (χ3n) is 2.36. The van der Waals surface area contributed by atoms with E-state index in [1.165, 1.54) is 19.8 Å². The van der Waals surface area contributed by atoms with Crippen LogP contribution in [0.5, 0.6) is 0 Å². The number of carbonyl (C=O) groups excluding carboxylic acids is 1. The molecular weight excluding hydrogens is 188 g/mol. The largest absolute Gasteiger partial charge is 0.466 e. The fraction of sp³-hybridized carbons (Fsp3) is 0.923. The van der Waals surface area contributed by atoms with Crippen LogP contribution in [0.1, 0.15) is 60.3 Å². The summed E-state index contributed by atoms with van der Waals surface area (Å²) in [4.78, 5) is 10.5. The standard InChI is InChI=1S/C13H26O2/c1-11(10-13(3,4)5)8-6-7-9-15-12(2)14/h11H,6-10H2,1-5H3. The van der Waals surface area contributed by atoms with Gasteiger partial charge >= 0.3 is 5.97 Å². The molecule has 0 aliphatic carbocycles. The first-order valence-corrected chi connectivity index (χ1v) is 5.94. The van der Waals surface area contributed by atoms with Gasteiger partial charge in [0.1, 0.15) is 0 Å². The highest BCUT2D eigenvalue weighted by Gasteiger charge is 2.14. The van der Waals surface area contributed by atoms with Crippen LogP contribution in [-0.4, -0.2) is 12.6 Å². The van der Waals surface area contributed by atoms with E-state index in [0.717, 1.165) is 18.8 Å². The molecule has 1 unspecified atom stereocenters. The van der Waals surface area contributed by atoms with Gasteiger partial charge in [-0.2, -0.15) is 0 Å². The summed E-state index contributed by atoms with van der Waals surface area (Å²) in [6.45, 7) is 11.2. The molecule has 0 aromatic carbocycles. The average molecular weight is 214 g/mol. The van der Waals surface area contributed by atoms with Gasteiger partial charge in [-0.3, -0.25) is 4.79 Å². The molecule has 0 spiro atoms. The van der Waals surface area contributed by atoms with E-state index in [4.69, 9.17) is 4.74 Å². The average Bonchev–Trinajstić information content (AvgIpc) is 1.99. The predicted molar refractivity (Wildman–Crippen MR) is 63.7 cm³/mol. The molecule has 0 N–H and O–H groups in total. The van der Waals surface area contributed by atoms with E-state index in [-0.39, 0.29) is 5.97 Å². The Hall–Kier alpha value is -0.530. The zero-order valence-corrected chi connectivity index (χ0v) is 10.9. The molecule has 0 saturated heterocycles. The number of hydrogen-bond donors (Lipinski definition) is 0. The van der Waals surface area contributed by atoms with Crippen LogP contribution in [-0.2, 0) is 9.53 Å². The van der Waals surface area contributed by atoms with Gasteiger partial charge in [0.2, 0.25) is 0 Å². The minimum absolute atomic E-state index is 0.169. The molecular formula is C13H26O2. The van der Waals surface area contributed by atoms with Gasteiger partial charge in [-0.15, -0.1) is 0 Å². The first kappa shape index (κ1) is 14.5. The fourth-order valence-electron chi connectivity index (χ4n) is 1.96. The molecule has 2 nitrogen and oxygen atoms in total. The maximum absolute atomic E-state index is 10.5. The quantitative estimate of drug-likeness (QED) is 0.496. The van der Waals surface area contributed by atoms with Gasteiger partial charge in [0.25, 0.3) is 0 Å². The second-order valence-electron chi connectivity index (χ2n) is 5.71. The van der Waals surface area contributed by atoms with Gasteiger partial charge in [0.15, 0.2) is 0 Å². The van der Waals surface area contributed by atoms with Gasteiger partial charge in [0, 0.05) is 6.92 Å². The van der Waals surface area contributed by atoms with Crippen LogP contribution in [0.2, 0.25) is 0 Å². The molecule has 0 aromatic heterocycles. The van der Waals surface area contributed by atoms with Crippen molar-refractivity contribution >= 4 is 5.97 Å². The second-order valence-corrected chi connectivity index (χ2v) is 5.71. The van der Waals surface area contributed by atoms with E-state index >= 15 is 0 Å². The van der Waals surface area contributed by atoms with Crippen LogP contribution >= 0.6 is 0 Å². The molecule has 0 aliphatic heterocycles. The van der Waals surface area contributed by atoms with Crippen molar-refractivity contribution in [1.82, 2.24) is 0 Å². The smallest absolute Gasteiger partial charge is 0.302 e. The molecule has 90 valence electrons. The molecule has 0 fully saturated rings. The van der Waals surface area contributed by atoms with Crippen molar-refractivity contribution in [2.75, 3.05) is 6.61 Å². The van der Waals surface area contributed by atoms with Crippen LogP contribution in [0.4, 0.5) is 0 Å². The Balaban J connectivity index is 3.39. The normalized spacial score (nSPS) is 13.7. The maximum atomic E-state index is 10.5. The summed E-state index contributed by atoms with van der Waals surface area (Å²) < 4.78 is 4.89. The molecule has 0 rings (SSSR count). The molecule has 0 radical (unpaired) electrons. The van der Waals surface area contributed by atoms with E-state index in [1.54, 1.807) is 0 Å². The van der Waals surface area contributed by atoms with E-state index < -0.39 is 0 Å². The van der Waals surface area contributed by atoms with Crippen LogP contribution < -0.4 is 0 Å². The fourth-order valence-corrected chi connectivity index (χ4v) is 1.96. The molecule has 0 aliphatic rings. The maximum Gasteiger partial charge on any atom is 0.302 e. The molecule has 1 atom stereocenters. The summed E-state index contributed by atoms with van der Waals surface area (Å²) in [5.41, 5.74) is 0.426. The molecule has 0 amide bonds. The van der Waals surface area contributed by atoms with Crippen LogP contribution in [0.25, 0.3) is 0 Å². The Kier molecular flexibility index (Phi) is 6.62. The van der Waals surface area contributed by atoms with Crippen molar-refractivity contribution in [3.8, 4) is 0 Å². The molecule has 0 saturated carbocycles. The number of unbranched alkanes of at least 4 members (excludes halogenated alkanes) is 1. The summed E-state index contributed by atoms with van der Waals surface area (Å²) in [6.07, 6.45) is 4.65. The third-order valence-corrected chi connectivity index (χ3v) is 2.36. The SMILES string of the molecule is CC(=O)OCCCCC(C)CC(C)(C)C. The predicted octanol–water partition coefficient (Wildman–Crippen LogP) is 3.79. The van der Waals surface area contributed by atoms with E-state index in [0.29, 0.717) is 12.0 Å². The van der Waals surface area contributed by atoms with Crippen molar-refractivity contribution in [2.45, 2.75) is 60.3 Å². The highest BCUT2D eigenvalue weighted by Crippen LogP contribution is 2.26. The van der Waals surface area contributed by atoms with Crippen LogP contribution in [0, 0.1) is 11.3 Å². The molecule has 15 heavy (non-hydrogen) atoms. The van der Waals surface area contributed by atoms with Crippen molar-refractivity contribution < 1.29 is 9.53 Å². The number of esters is 1. The van der Waals surface area contributed by atoms with Crippen LogP contribution in [0.15, 0.2) is 0 Å². The molecule has 0 aromatic rings. The van der Waals surface area contributed by atoms with E-state index in [9.17, 15) is 4.79 Å². The number of ether oxygens (including phenoxy) is 1. The minimum Gasteiger partial charge on any atom is -0.466 e. The van der Waals surface area contributed by atoms with E-state index in [2.05, 4.69) is 27.7 Å². The summed E-state index contributed by atoms with van der Waals surface area (Å²) in [6, 6.07) is 0. The zero-order valence-electron chi connectivity index (χ0n) is 10.9. The highest BCUT2D eigenvalue weighted by atomic mass is 16.5. The Morgan fingerprint density at radius 2 is 1.87 bits per heavy atom. The summed E-state index contributed by atoms with van der Waals surface area (Å²) >= 11 is 0. The van der Waals surface area contributed by atoms with Crippen LogP contribution in [0.3, 0.4) is 0 Å². The molecule has 0 heterocycles. The summed E-state index contributed by atoms with van der Waals surface area (Å²) in [7, 11) is 0. The number of carbonyl (C=O) groups is 1. The molecule has 2 heteroatoms. The lowest BCUT2D eigenvalue weighted by atomic mass is 9.83. The lowest BCUT2D eigenvalue weighted by Crippen LogP contribution is -2.11. The Morgan fingerprint density at radius 1 is 1.27 bits per heavy atom. The van der Waals surface area contributed by atoms with Gasteiger partial charge in [-0.25, -0.2) is 0 Å². The van der Waals surface area contributed by atoms with Gasteiger partial charge in [0.05, 0.1) is 6.61 Å². The van der Waals surface area contributed by atoms with Gasteiger partial charge in [-0.05, 0) is 30.6 Å². The third kappa shape index (κ3) is 11.4. The number of hydrogen-bond acceptors (Lipinski definition) is 2. The topological polar surface area (TPSA) is 26.3 Å². The van der Waals surface area contributed by atoms with Crippen molar-refractivity contribution in [3.05, 3.63) is 0 Å². The molecule has 0 bridgehead atoms. The second kappa shape index (κ2) is 6.86. The summed E-state index contributed by atoms with van der Waals surface area (Å²) in [5.74, 6) is 0.597. The van der Waals surface area contributed by atoms with Crippen molar-refractivity contribution in [3.63, 3.8) is 0 Å². The van der Waals surface area contributed by atoms with Crippen molar-refractivity contribution in [1.29, 1.82) is 0 Å². The van der Waals surface area contributed by atoms with Gasteiger partial charge < -0.3 is 4.74 Å². The first-order chi connectivity index (χ1) is 6.81. The Labute approximate surface area is 94.4 Å². The first-order valence-electron chi connectivity index (χ1n) is 5.94. The van der Waals surface area contributed by atoms with E-state index in [1.807, 2.05) is 0 Å². The van der Waals surface area contributed by atoms with Gasteiger partial charge in [-0.1, -0.05) is 34.1 Å².